The number of halogens is 1. The van der Waals surface area contributed by atoms with E-state index in [1.54, 1.807) is 7.05 Å². The lowest BCUT2D eigenvalue weighted by atomic mass is 9.99. The first-order chi connectivity index (χ1) is 7.17. The Morgan fingerprint density at radius 2 is 2.47 bits per heavy atom. The van der Waals surface area contributed by atoms with Crippen LogP contribution in [0.5, 0.6) is 0 Å². The fourth-order valence-electron chi connectivity index (χ4n) is 1.71. The Kier molecular flexibility index (Phi) is 2.99. The molecular weight excluding hydrogens is 219 g/mol. The van der Waals surface area contributed by atoms with Gasteiger partial charge in [-0.2, -0.15) is 0 Å². The molecule has 2 heterocycles. The Balaban J connectivity index is 2.16. The summed E-state index contributed by atoms with van der Waals surface area (Å²) in [6.07, 6.45) is -1.74. The molecule has 4 nitrogen and oxygen atoms in total. The van der Waals surface area contributed by atoms with Crippen LogP contribution >= 0.6 is 11.8 Å². The molecule has 2 N–H and O–H groups in total. The highest BCUT2D eigenvalue weighted by molar-refractivity contribution is 8.14. The zero-order valence-corrected chi connectivity index (χ0v) is 9.08. The molecule has 0 spiro atoms. The van der Waals surface area contributed by atoms with Crippen LogP contribution in [0.3, 0.4) is 0 Å². The summed E-state index contributed by atoms with van der Waals surface area (Å²) < 4.78 is 19.3. The number of thioether (sulfide) groups is 1. The quantitative estimate of drug-likeness (QED) is 0.638. The van der Waals surface area contributed by atoms with Crippen LogP contribution in [0.4, 0.5) is 4.39 Å². The smallest absolute Gasteiger partial charge is 0.159 e. The van der Waals surface area contributed by atoms with E-state index in [2.05, 4.69) is 16.9 Å². The summed E-state index contributed by atoms with van der Waals surface area (Å²) in [7, 11) is 1.63. The zero-order valence-electron chi connectivity index (χ0n) is 8.26. The molecule has 5 atom stereocenters. The minimum Gasteiger partial charge on any atom is -0.387 e. The summed E-state index contributed by atoms with van der Waals surface area (Å²) in [6, 6.07) is -0.528. The van der Waals surface area contributed by atoms with Crippen molar-refractivity contribution in [2.24, 2.45) is 4.99 Å². The van der Waals surface area contributed by atoms with Gasteiger partial charge in [0.2, 0.25) is 0 Å². The van der Waals surface area contributed by atoms with Gasteiger partial charge in [0.1, 0.15) is 17.6 Å². The van der Waals surface area contributed by atoms with Crippen molar-refractivity contribution >= 4 is 16.9 Å². The van der Waals surface area contributed by atoms with Gasteiger partial charge in [-0.3, -0.25) is 4.99 Å². The summed E-state index contributed by atoms with van der Waals surface area (Å²) >= 11 is 1.34. The molecule has 0 aromatic carbocycles. The van der Waals surface area contributed by atoms with E-state index >= 15 is 0 Å². The number of nitrogens with one attached hydrogen (secondary N) is 1. The van der Waals surface area contributed by atoms with Crippen molar-refractivity contribution in [1.82, 2.24) is 5.32 Å². The van der Waals surface area contributed by atoms with Crippen LogP contribution in [0, 0.1) is 0 Å². The number of fused-ring (bicyclic) bond motifs is 1. The number of alkyl halides is 1. The number of aliphatic imine (C=N–C) groups is 1. The van der Waals surface area contributed by atoms with Crippen molar-refractivity contribution in [2.45, 2.75) is 29.9 Å². The maximum Gasteiger partial charge on any atom is 0.159 e. The van der Waals surface area contributed by atoms with E-state index in [0.717, 1.165) is 0 Å². The molecule has 0 aromatic heterocycles. The minimum atomic E-state index is -1.36. The van der Waals surface area contributed by atoms with Crippen molar-refractivity contribution in [2.75, 3.05) is 7.05 Å². The number of amidine groups is 1. The average molecular weight is 232 g/mol. The largest absolute Gasteiger partial charge is 0.387 e. The summed E-state index contributed by atoms with van der Waals surface area (Å²) in [6.45, 7) is 3.51. The van der Waals surface area contributed by atoms with Crippen molar-refractivity contribution < 1.29 is 14.2 Å². The lowest BCUT2D eigenvalue weighted by molar-refractivity contribution is -0.114. The third-order valence-corrected chi connectivity index (χ3v) is 3.70. The van der Waals surface area contributed by atoms with Crippen LogP contribution in [0.15, 0.2) is 17.6 Å². The van der Waals surface area contributed by atoms with Gasteiger partial charge < -0.3 is 15.2 Å². The minimum absolute atomic E-state index is 0.343. The maximum absolute atomic E-state index is 13.8. The molecule has 0 aliphatic carbocycles. The highest BCUT2D eigenvalue weighted by Crippen LogP contribution is 2.35. The molecule has 0 aromatic rings. The van der Waals surface area contributed by atoms with Gasteiger partial charge in [0, 0.05) is 7.05 Å². The van der Waals surface area contributed by atoms with Crippen molar-refractivity contribution in [3.8, 4) is 0 Å². The highest BCUT2D eigenvalue weighted by Gasteiger charge is 2.49. The number of hydrogen-bond donors (Lipinski definition) is 2. The lowest BCUT2D eigenvalue weighted by Crippen LogP contribution is -2.56. The number of aliphatic hydroxyl groups is 1. The monoisotopic (exact) mass is 232 g/mol. The molecule has 6 heteroatoms. The summed E-state index contributed by atoms with van der Waals surface area (Å²) in [5.74, 6) is 0. The van der Waals surface area contributed by atoms with Gasteiger partial charge in [0.05, 0.1) is 6.04 Å². The molecule has 15 heavy (non-hydrogen) atoms. The first kappa shape index (κ1) is 10.9. The fraction of sp³-hybridized carbons (Fsp3) is 0.667. The summed E-state index contributed by atoms with van der Waals surface area (Å²) in [4.78, 5) is 3.94. The molecule has 0 bridgehead atoms. The second-order valence-corrected chi connectivity index (χ2v) is 4.54. The molecule has 2 fully saturated rings. The van der Waals surface area contributed by atoms with Crippen molar-refractivity contribution in [3.05, 3.63) is 12.7 Å². The number of aliphatic hydroxyl groups excluding tert-OH is 1. The van der Waals surface area contributed by atoms with Gasteiger partial charge in [-0.25, -0.2) is 4.39 Å². The van der Waals surface area contributed by atoms with Crippen LogP contribution in [0.25, 0.3) is 0 Å². The topological polar surface area (TPSA) is 53.8 Å². The lowest BCUT2D eigenvalue weighted by Gasteiger charge is -2.36. The fourth-order valence-corrected chi connectivity index (χ4v) is 2.79. The maximum atomic E-state index is 13.8. The van der Waals surface area contributed by atoms with E-state index in [1.165, 1.54) is 17.8 Å². The van der Waals surface area contributed by atoms with Gasteiger partial charge in [-0.15, -0.1) is 6.58 Å². The van der Waals surface area contributed by atoms with Gasteiger partial charge in [-0.05, 0) is 0 Å². The Morgan fingerprint density at radius 3 is 3.07 bits per heavy atom. The van der Waals surface area contributed by atoms with Crippen LogP contribution in [-0.4, -0.2) is 47.2 Å². The number of ether oxygens (including phenoxy) is 1. The van der Waals surface area contributed by atoms with E-state index in [4.69, 9.17) is 4.74 Å². The molecular formula is C9H13FN2O2S. The van der Waals surface area contributed by atoms with E-state index in [9.17, 15) is 9.50 Å². The zero-order chi connectivity index (χ0) is 11.0. The third kappa shape index (κ3) is 1.77. The van der Waals surface area contributed by atoms with Crippen molar-refractivity contribution in [3.63, 3.8) is 0 Å². The second kappa shape index (κ2) is 4.11. The highest BCUT2D eigenvalue weighted by atomic mass is 32.2. The predicted octanol–water partition coefficient (Wildman–Crippen LogP) is 0.287. The van der Waals surface area contributed by atoms with Crippen LogP contribution in [0.2, 0.25) is 0 Å². The molecule has 5 unspecified atom stereocenters. The van der Waals surface area contributed by atoms with E-state index in [-0.39, 0.29) is 5.44 Å². The average Bonchev–Trinajstić information content (AvgIpc) is 2.66. The molecule has 2 aliphatic rings. The Labute approximate surface area is 91.6 Å². The predicted molar refractivity (Wildman–Crippen MR) is 57.6 cm³/mol. The molecule has 84 valence electrons. The Bertz CT molecular complexity index is 300. The Hall–Kier alpha value is -0.590. The number of nitrogens with zero attached hydrogens (tertiary/aromatic N) is 1. The van der Waals surface area contributed by atoms with Crippen LogP contribution < -0.4 is 5.32 Å². The van der Waals surface area contributed by atoms with Crippen LogP contribution in [0.1, 0.15) is 0 Å². The Morgan fingerprint density at radius 1 is 1.73 bits per heavy atom. The van der Waals surface area contributed by atoms with Crippen LogP contribution in [-0.2, 0) is 4.74 Å². The van der Waals surface area contributed by atoms with Gasteiger partial charge in [-0.1, -0.05) is 17.8 Å². The molecule has 0 radical (unpaired) electrons. The molecule has 2 rings (SSSR count). The number of hydrogen-bond acceptors (Lipinski definition) is 4. The SMILES string of the molecule is C=CC1OC2SC(=NC)NC2C(F)C1O. The van der Waals surface area contributed by atoms with E-state index < -0.39 is 24.4 Å². The second-order valence-electron chi connectivity index (χ2n) is 3.46. The first-order valence-electron chi connectivity index (χ1n) is 4.67. The third-order valence-electron chi connectivity index (χ3n) is 2.54. The molecule has 0 amide bonds. The summed E-state index contributed by atoms with van der Waals surface area (Å²) in [5, 5.41) is 13.1. The molecule has 2 saturated heterocycles. The van der Waals surface area contributed by atoms with Gasteiger partial charge in [0.25, 0.3) is 0 Å². The van der Waals surface area contributed by atoms with Gasteiger partial charge >= 0.3 is 0 Å². The summed E-state index contributed by atoms with van der Waals surface area (Å²) in [5.41, 5.74) is -0.343. The standard InChI is InChI=1S/C9H13FN2O2S/c1-3-4-7(13)5(10)6-8(14-4)15-9(11-2)12-6/h3-8,13H,1H2,2H3,(H,11,12). The molecule has 2 aliphatic heterocycles. The first-order valence-corrected chi connectivity index (χ1v) is 5.55. The normalized spacial score (nSPS) is 47.4. The van der Waals surface area contributed by atoms with Crippen molar-refractivity contribution in [1.29, 1.82) is 0 Å². The van der Waals surface area contributed by atoms with Gasteiger partial charge in [0.15, 0.2) is 11.3 Å². The van der Waals surface area contributed by atoms with E-state index in [1.807, 2.05) is 0 Å². The number of rotatable bonds is 1. The van der Waals surface area contributed by atoms with E-state index in [0.29, 0.717) is 5.17 Å². The molecule has 0 saturated carbocycles.